The first-order chi connectivity index (χ1) is 11.4. The van der Waals surface area contributed by atoms with E-state index in [0.717, 1.165) is 17.1 Å². The van der Waals surface area contributed by atoms with Crippen LogP contribution in [0.3, 0.4) is 0 Å². The van der Waals surface area contributed by atoms with Gasteiger partial charge in [0, 0.05) is 0 Å². The van der Waals surface area contributed by atoms with Gasteiger partial charge in [-0.1, -0.05) is 66.7 Å². The average Bonchev–Trinajstić information content (AvgIpc) is 2.62. The summed E-state index contributed by atoms with van der Waals surface area (Å²) in [4.78, 5) is 0. The average molecular weight is 322 g/mol. The maximum Gasteiger partial charge on any atom is 0.616 e. The lowest BCUT2D eigenvalue weighted by molar-refractivity contribution is 0.191. The van der Waals surface area contributed by atoms with Crippen LogP contribution in [-0.4, -0.2) is 9.53 Å². The van der Waals surface area contributed by atoms with Crippen LogP contribution in [0, 0.1) is 0 Å². The molecule has 116 valence electrons. The molecule has 0 aliphatic carbocycles. The number of rotatable bonds is 7. The lowest BCUT2D eigenvalue weighted by Gasteiger charge is -2.18. The van der Waals surface area contributed by atoms with Crippen molar-refractivity contribution in [1.82, 2.24) is 0 Å². The number of hydrogen-bond acceptors (Lipinski definition) is 3. The predicted octanol–water partition coefficient (Wildman–Crippen LogP) is 4.08. The van der Waals surface area contributed by atoms with Gasteiger partial charge in [-0.2, -0.15) is 0 Å². The van der Waals surface area contributed by atoms with E-state index in [-0.39, 0.29) is 0 Å². The molecule has 0 saturated carbocycles. The van der Waals surface area contributed by atoms with Gasteiger partial charge in [-0.3, -0.25) is 0 Å². The number of benzene rings is 3. The largest absolute Gasteiger partial charge is 0.616 e. The van der Waals surface area contributed by atoms with Gasteiger partial charge in [0.25, 0.3) is 0 Å². The van der Waals surface area contributed by atoms with Crippen molar-refractivity contribution < 1.29 is 13.3 Å². The van der Waals surface area contributed by atoms with Crippen LogP contribution in [0.1, 0.15) is 5.56 Å². The molecule has 0 aliphatic heterocycles. The van der Waals surface area contributed by atoms with Crippen LogP contribution < -0.4 is 8.85 Å². The monoisotopic (exact) mass is 322 g/mol. The molecule has 0 spiro atoms. The Balaban J connectivity index is 1.67. The zero-order valence-corrected chi connectivity index (χ0v) is 13.8. The molecule has 3 rings (SSSR count). The molecule has 0 aliphatic rings. The molecule has 3 nitrogen and oxygen atoms in total. The molecule has 3 aromatic rings. The van der Waals surface area contributed by atoms with E-state index in [2.05, 4.69) is 0 Å². The Hall–Kier alpha value is -2.56. The van der Waals surface area contributed by atoms with E-state index in [1.807, 2.05) is 91.0 Å². The van der Waals surface area contributed by atoms with Gasteiger partial charge >= 0.3 is 9.53 Å². The zero-order valence-electron chi connectivity index (χ0n) is 12.7. The minimum atomic E-state index is -2.36. The van der Waals surface area contributed by atoms with Crippen molar-refractivity contribution >= 4 is 9.53 Å². The van der Waals surface area contributed by atoms with E-state index >= 15 is 0 Å². The van der Waals surface area contributed by atoms with Gasteiger partial charge in [0.05, 0.1) is 6.61 Å². The standard InChI is InChI=1S/C19H18O3Si/c1-4-10-17(11-5-1)16-20-23(21-18-12-6-2-7-13-18)22-19-14-8-3-9-15-19/h1-15,23H,16H2. The first kappa shape index (κ1) is 15.3. The Bertz CT molecular complexity index is 648. The summed E-state index contributed by atoms with van der Waals surface area (Å²) in [6.07, 6.45) is 0. The molecule has 0 saturated heterocycles. The van der Waals surface area contributed by atoms with Gasteiger partial charge in [0.1, 0.15) is 11.5 Å². The van der Waals surface area contributed by atoms with Crippen molar-refractivity contribution in [2.24, 2.45) is 0 Å². The second kappa shape index (κ2) is 8.17. The fraction of sp³-hybridized carbons (Fsp3) is 0.0526. The molecule has 0 N–H and O–H groups in total. The summed E-state index contributed by atoms with van der Waals surface area (Å²) in [5.74, 6) is 1.52. The van der Waals surface area contributed by atoms with Gasteiger partial charge in [-0.25, -0.2) is 0 Å². The first-order valence-electron chi connectivity index (χ1n) is 7.49. The number of hydrogen-bond donors (Lipinski definition) is 0. The molecule has 0 fully saturated rings. The summed E-state index contributed by atoms with van der Waals surface area (Å²) in [5.41, 5.74) is 1.10. The van der Waals surface area contributed by atoms with Crippen LogP contribution in [0.2, 0.25) is 0 Å². The quantitative estimate of drug-likeness (QED) is 0.614. The summed E-state index contributed by atoms with van der Waals surface area (Å²) in [5, 5.41) is 0. The summed E-state index contributed by atoms with van der Waals surface area (Å²) >= 11 is 0. The molecule has 0 amide bonds. The van der Waals surface area contributed by atoms with Crippen LogP contribution in [0.25, 0.3) is 0 Å². The smallest absolute Gasteiger partial charge is 0.494 e. The second-order valence-electron chi connectivity index (χ2n) is 4.95. The molecule has 0 bridgehead atoms. The van der Waals surface area contributed by atoms with Crippen LogP contribution in [-0.2, 0) is 11.0 Å². The normalized spacial score (nSPS) is 10.5. The SMILES string of the molecule is c1ccc(CO[SiH](Oc2ccccc2)Oc2ccccc2)cc1. The third-order valence-electron chi connectivity index (χ3n) is 3.18. The lowest BCUT2D eigenvalue weighted by atomic mass is 10.2. The first-order valence-corrected chi connectivity index (χ1v) is 8.90. The molecule has 0 atom stereocenters. The fourth-order valence-electron chi connectivity index (χ4n) is 2.05. The Labute approximate surface area is 138 Å². The molecule has 0 radical (unpaired) electrons. The third-order valence-corrected chi connectivity index (χ3v) is 4.55. The summed E-state index contributed by atoms with van der Waals surface area (Å²) < 4.78 is 17.8. The highest BCUT2D eigenvalue weighted by atomic mass is 28.3. The Morgan fingerprint density at radius 3 is 1.48 bits per heavy atom. The molecule has 0 heterocycles. The predicted molar refractivity (Wildman–Crippen MR) is 92.5 cm³/mol. The molecule has 23 heavy (non-hydrogen) atoms. The van der Waals surface area contributed by atoms with E-state index in [1.165, 1.54) is 0 Å². The Morgan fingerprint density at radius 2 is 1.00 bits per heavy atom. The van der Waals surface area contributed by atoms with Gasteiger partial charge in [-0.05, 0) is 29.8 Å². The molecule has 0 aromatic heterocycles. The molecule has 3 aromatic carbocycles. The maximum absolute atomic E-state index is 5.93. The van der Waals surface area contributed by atoms with Crippen LogP contribution in [0.5, 0.6) is 11.5 Å². The van der Waals surface area contributed by atoms with Gasteiger partial charge < -0.3 is 13.3 Å². The van der Waals surface area contributed by atoms with Crippen LogP contribution >= 0.6 is 0 Å². The Morgan fingerprint density at radius 1 is 0.565 bits per heavy atom. The van der Waals surface area contributed by atoms with Crippen molar-refractivity contribution in [3.8, 4) is 11.5 Å². The third kappa shape index (κ3) is 4.98. The summed E-state index contributed by atoms with van der Waals surface area (Å²) in [6.45, 7) is 0.470. The van der Waals surface area contributed by atoms with Gasteiger partial charge in [0.2, 0.25) is 0 Å². The van der Waals surface area contributed by atoms with Crippen molar-refractivity contribution in [2.45, 2.75) is 6.61 Å². The highest BCUT2D eigenvalue weighted by Crippen LogP contribution is 2.15. The van der Waals surface area contributed by atoms with E-state index in [1.54, 1.807) is 0 Å². The van der Waals surface area contributed by atoms with Gasteiger partial charge in [0.15, 0.2) is 0 Å². The zero-order chi connectivity index (χ0) is 15.7. The highest BCUT2D eigenvalue weighted by Gasteiger charge is 2.20. The van der Waals surface area contributed by atoms with E-state index < -0.39 is 9.53 Å². The fourth-order valence-corrected chi connectivity index (χ4v) is 3.32. The van der Waals surface area contributed by atoms with E-state index in [4.69, 9.17) is 13.3 Å². The van der Waals surface area contributed by atoms with E-state index in [9.17, 15) is 0 Å². The van der Waals surface area contributed by atoms with Crippen molar-refractivity contribution in [2.75, 3.05) is 0 Å². The lowest BCUT2D eigenvalue weighted by Crippen LogP contribution is -2.33. The summed E-state index contributed by atoms with van der Waals surface area (Å²) in [7, 11) is -2.36. The molecular weight excluding hydrogens is 304 g/mol. The van der Waals surface area contributed by atoms with E-state index in [0.29, 0.717) is 6.61 Å². The van der Waals surface area contributed by atoms with Crippen molar-refractivity contribution in [3.63, 3.8) is 0 Å². The van der Waals surface area contributed by atoms with Crippen LogP contribution in [0.4, 0.5) is 0 Å². The minimum Gasteiger partial charge on any atom is -0.494 e. The van der Waals surface area contributed by atoms with Crippen molar-refractivity contribution in [1.29, 1.82) is 0 Å². The number of para-hydroxylation sites is 2. The molecule has 0 unspecified atom stereocenters. The summed E-state index contributed by atoms with van der Waals surface area (Å²) in [6, 6.07) is 29.3. The maximum atomic E-state index is 5.93. The topological polar surface area (TPSA) is 27.7 Å². The molecule has 4 heteroatoms. The molecular formula is C19H18O3Si. The van der Waals surface area contributed by atoms with Crippen molar-refractivity contribution in [3.05, 3.63) is 96.6 Å². The second-order valence-corrected chi connectivity index (χ2v) is 6.33. The van der Waals surface area contributed by atoms with Gasteiger partial charge in [-0.15, -0.1) is 0 Å². The minimum absolute atomic E-state index is 0.470. The highest BCUT2D eigenvalue weighted by molar-refractivity contribution is 6.38. The van der Waals surface area contributed by atoms with Crippen LogP contribution in [0.15, 0.2) is 91.0 Å². The Kier molecular flexibility index (Phi) is 5.45.